The van der Waals surface area contributed by atoms with Gasteiger partial charge in [-0.3, -0.25) is 0 Å². The standard InChI is InChI=1S/C14H13N5O3/c1-10-17-13(18-22-10)11-3-2-4-12(7-11)14(20)21-6-5-19-9-15-8-16-19/h2-4,7-9H,5-6H2,1H3. The first kappa shape index (κ1) is 13.9. The van der Waals surface area contributed by atoms with E-state index in [1.807, 2.05) is 0 Å². The van der Waals surface area contributed by atoms with Crippen LogP contribution < -0.4 is 0 Å². The first-order chi connectivity index (χ1) is 10.7. The molecule has 0 aliphatic heterocycles. The minimum absolute atomic E-state index is 0.216. The van der Waals surface area contributed by atoms with Gasteiger partial charge in [0.1, 0.15) is 19.3 Å². The van der Waals surface area contributed by atoms with Crippen molar-refractivity contribution in [2.45, 2.75) is 13.5 Å². The summed E-state index contributed by atoms with van der Waals surface area (Å²) in [5.74, 6) is 0.493. The van der Waals surface area contributed by atoms with Crippen LogP contribution >= 0.6 is 0 Å². The summed E-state index contributed by atoms with van der Waals surface area (Å²) in [4.78, 5) is 20.0. The summed E-state index contributed by atoms with van der Waals surface area (Å²) >= 11 is 0. The molecular weight excluding hydrogens is 286 g/mol. The molecule has 0 unspecified atom stereocenters. The third kappa shape index (κ3) is 3.17. The molecule has 0 fully saturated rings. The zero-order chi connectivity index (χ0) is 15.4. The number of aromatic nitrogens is 5. The van der Waals surface area contributed by atoms with Crippen molar-refractivity contribution in [2.24, 2.45) is 0 Å². The van der Waals surface area contributed by atoms with Crippen molar-refractivity contribution < 1.29 is 14.1 Å². The number of carbonyl (C=O) groups is 1. The molecule has 0 saturated carbocycles. The lowest BCUT2D eigenvalue weighted by Gasteiger charge is -2.05. The summed E-state index contributed by atoms with van der Waals surface area (Å²) < 4.78 is 11.7. The van der Waals surface area contributed by atoms with Crippen LogP contribution in [0.5, 0.6) is 0 Å². The van der Waals surface area contributed by atoms with Gasteiger partial charge in [-0.1, -0.05) is 17.3 Å². The first-order valence-corrected chi connectivity index (χ1v) is 6.62. The second-order valence-corrected chi connectivity index (χ2v) is 4.51. The third-order valence-electron chi connectivity index (χ3n) is 2.90. The van der Waals surface area contributed by atoms with Crippen LogP contribution in [0.1, 0.15) is 16.2 Å². The number of hydrogen-bond acceptors (Lipinski definition) is 7. The predicted molar refractivity (Wildman–Crippen MR) is 74.8 cm³/mol. The van der Waals surface area contributed by atoms with Gasteiger partial charge < -0.3 is 9.26 Å². The zero-order valence-corrected chi connectivity index (χ0v) is 11.8. The highest BCUT2D eigenvalue weighted by molar-refractivity contribution is 5.90. The van der Waals surface area contributed by atoms with E-state index in [2.05, 4.69) is 20.2 Å². The lowest BCUT2D eigenvalue weighted by atomic mass is 10.1. The summed E-state index contributed by atoms with van der Waals surface area (Å²) in [6.45, 7) is 2.38. The molecule has 0 aliphatic carbocycles. The Balaban J connectivity index is 1.65. The molecule has 8 nitrogen and oxygen atoms in total. The Labute approximate surface area is 125 Å². The van der Waals surface area contributed by atoms with E-state index in [1.54, 1.807) is 42.2 Å². The predicted octanol–water partition coefficient (Wildman–Crippen LogP) is 1.49. The molecular formula is C14H13N5O3. The largest absolute Gasteiger partial charge is 0.460 e. The van der Waals surface area contributed by atoms with Crippen molar-refractivity contribution in [3.8, 4) is 11.4 Å². The van der Waals surface area contributed by atoms with Crippen molar-refractivity contribution in [1.82, 2.24) is 24.9 Å². The van der Waals surface area contributed by atoms with Crippen molar-refractivity contribution in [1.29, 1.82) is 0 Å². The molecule has 2 aromatic heterocycles. The monoisotopic (exact) mass is 299 g/mol. The quantitative estimate of drug-likeness (QED) is 0.658. The summed E-state index contributed by atoms with van der Waals surface area (Å²) in [7, 11) is 0. The lowest BCUT2D eigenvalue weighted by molar-refractivity contribution is 0.0487. The Morgan fingerprint density at radius 1 is 1.41 bits per heavy atom. The van der Waals surface area contributed by atoms with Crippen molar-refractivity contribution >= 4 is 5.97 Å². The minimum atomic E-state index is -0.415. The van der Waals surface area contributed by atoms with Crippen molar-refractivity contribution in [3.05, 3.63) is 48.4 Å². The van der Waals surface area contributed by atoms with Gasteiger partial charge >= 0.3 is 5.97 Å². The van der Waals surface area contributed by atoms with Crippen LogP contribution in [0.4, 0.5) is 0 Å². The molecule has 3 aromatic rings. The number of nitrogens with zero attached hydrogens (tertiary/aromatic N) is 5. The van der Waals surface area contributed by atoms with Gasteiger partial charge in [0.15, 0.2) is 0 Å². The minimum Gasteiger partial charge on any atom is -0.460 e. The fourth-order valence-corrected chi connectivity index (χ4v) is 1.87. The second kappa shape index (κ2) is 6.17. The summed E-state index contributed by atoms with van der Waals surface area (Å²) in [5, 5.41) is 7.75. The van der Waals surface area contributed by atoms with Crippen LogP contribution in [0.15, 0.2) is 41.4 Å². The Morgan fingerprint density at radius 3 is 3.05 bits per heavy atom. The molecule has 0 aliphatic rings. The average molecular weight is 299 g/mol. The van der Waals surface area contributed by atoms with E-state index in [-0.39, 0.29) is 6.61 Å². The van der Waals surface area contributed by atoms with Gasteiger partial charge in [-0.15, -0.1) is 0 Å². The number of carbonyl (C=O) groups excluding carboxylic acids is 1. The average Bonchev–Trinajstić information content (AvgIpc) is 3.19. The van der Waals surface area contributed by atoms with Crippen LogP contribution in [0, 0.1) is 6.92 Å². The van der Waals surface area contributed by atoms with Crippen LogP contribution in [0.3, 0.4) is 0 Å². The van der Waals surface area contributed by atoms with Gasteiger partial charge in [0.2, 0.25) is 11.7 Å². The van der Waals surface area contributed by atoms with Gasteiger partial charge in [-0.2, -0.15) is 10.1 Å². The summed E-state index contributed by atoms with van der Waals surface area (Å²) in [5.41, 5.74) is 1.13. The molecule has 112 valence electrons. The molecule has 0 spiro atoms. The number of esters is 1. The molecule has 0 radical (unpaired) electrons. The van der Waals surface area contributed by atoms with Crippen LogP contribution in [0.2, 0.25) is 0 Å². The maximum absolute atomic E-state index is 12.0. The normalized spacial score (nSPS) is 10.6. The molecule has 0 saturated heterocycles. The first-order valence-electron chi connectivity index (χ1n) is 6.62. The van der Waals surface area contributed by atoms with E-state index in [1.165, 1.54) is 6.33 Å². The van der Waals surface area contributed by atoms with E-state index in [9.17, 15) is 4.79 Å². The Hall–Kier alpha value is -3.03. The van der Waals surface area contributed by atoms with E-state index < -0.39 is 5.97 Å². The van der Waals surface area contributed by atoms with Gasteiger partial charge in [0.25, 0.3) is 0 Å². The third-order valence-corrected chi connectivity index (χ3v) is 2.90. The number of hydrogen-bond donors (Lipinski definition) is 0. The highest BCUT2D eigenvalue weighted by Crippen LogP contribution is 2.17. The van der Waals surface area contributed by atoms with E-state index in [0.29, 0.717) is 29.4 Å². The topological polar surface area (TPSA) is 95.9 Å². The van der Waals surface area contributed by atoms with E-state index >= 15 is 0 Å². The molecule has 8 heteroatoms. The number of rotatable bonds is 5. The molecule has 22 heavy (non-hydrogen) atoms. The van der Waals surface area contributed by atoms with Gasteiger partial charge in [0.05, 0.1) is 12.1 Å². The number of aryl methyl sites for hydroxylation is 1. The van der Waals surface area contributed by atoms with E-state index in [4.69, 9.17) is 9.26 Å². The van der Waals surface area contributed by atoms with Crippen LogP contribution in [0.25, 0.3) is 11.4 Å². The zero-order valence-electron chi connectivity index (χ0n) is 11.8. The fraction of sp³-hybridized carbons (Fsp3) is 0.214. The molecule has 2 heterocycles. The molecule has 1 aromatic carbocycles. The van der Waals surface area contributed by atoms with Crippen LogP contribution in [-0.2, 0) is 11.3 Å². The summed E-state index contributed by atoms with van der Waals surface area (Å²) in [6, 6.07) is 6.89. The Bertz CT molecular complexity index is 766. The summed E-state index contributed by atoms with van der Waals surface area (Å²) in [6.07, 6.45) is 2.99. The molecule has 0 bridgehead atoms. The van der Waals surface area contributed by atoms with Crippen LogP contribution in [-0.4, -0.2) is 37.5 Å². The Kier molecular flexibility index (Phi) is 3.90. The SMILES string of the molecule is Cc1nc(-c2cccc(C(=O)OCCn3cncn3)c2)no1. The number of benzene rings is 1. The molecule has 3 rings (SSSR count). The highest BCUT2D eigenvalue weighted by atomic mass is 16.5. The maximum Gasteiger partial charge on any atom is 0.338 e. The second-order valence-electron chi connectivity index (χ2n) is 4.51. The smallest absolute Gasteiger partial charge is 0.338 e. The van der Waals surface area contributed by atoms with Gasteiger partial charge in [-0.25, -0.2) is 14.5 Å². The van der Waals surface area contributed by atoms with E-state index in [0.717, 1.165) is 0 Å². The van der Waals surface area contributed by atoms with Gasteiger partial charge in [-0.05, 0) is 12.1 Å². The number of ether oxygens (including phenoxy) is 1. The molecule has 0 amide bonds. The van der Waals surface area contributed by atoms with Crippen molar-refractivity contribution in [2.75, 3.05) is 6.61 Å². The van der Waals surface area contributed by atoms with Crippen molar-refractivity contribution in [3.63, 3.8) is 0 Å². The molecule has 0 N–H and O–H groups in total. The fourth-order valence-electron chi connectivity index (χ4n) is 1.87. The maximum atomic E-state index is 12.0. The molecule has 0 atom stereocenters. The van der Waals surface area contributed by atoms with Gasteiger partial charge in [0, 0.05) is 12.5 Å². The lowest BCUT2D eigenvalue weighted by Crippen LogP contribution is -2.11. The Morgan fingerprint density at radius 2 is 2.32 bits per heavy atom. The highest BCUT2D eigenvalue weighted by Gasteiger charge is 2.11.